The molecule has 0 radical (unpaired) electrons. The summed E-state index contributed by atoms with van der Waals surface area (Å²) in [5.74, 6) is 0.417. The van der Waals surface area contributed by atoms with Crippen LogP contribution in [0.1, 0.15) is 55.0 Å². The first-order valence-electron chi connectivity index (χ1n) is 8.91. The molecule has 0 aliphatic carbocycles. The van der Waals surface area contributed by atoms with Crippen LogP contribution in [0, 0.1) is 6.92 Å². The molecule has 0 fully saturated rings. The maximum atomic E-state index is 12.0. The Morgan fingerprint density at radius 1 is 1.08 bits per heavy atom. The zero-order chi connectivity index (χ0) is 18.8. The van der Waals surface area contributed by atoms with E-state index in [-0.39, 0.29) is 11.7 Å². The van der Waals surface area contributed by atoms with Crippen LogP contribution in [0.4, 0.5) is 0 Å². The highest BCUT2D eigenvalue weighted by Gasteiger charge is 2.12. The smallest absolute Gasteiger partial charge is 0.336 e. The lowest BCUT2D eigenvalue weighted by atomic mass is 9.95. The molecule has 3 nitrogen and oxygen atoms in total. The first-order valence-corrected chi connectivity index (χ1v) is 9.29. The average molecular weight is 370 g/mol. The molecular weight excluding hydrogens is 346 g/mol. The Morgan fingerprint density at radius 3 is 2.42 bits per heavy atom. The Kier molecular flexibility index (Phi) is 5.49. The highest BCUT2D eigenvalue weighted by atomic mass is 35.5. The third kappa shape index (κ3) is 4.00. The van der Waals surface area contributed by atoms with Crippen molar-refractivity contribution in [1.82, 2.24) is 5.32 Å². The summed E-state index contributed by atoms with van der Waals surface area (Å²) in [5.41, 5.74) is 4.87. The standard InChI is InChI=1S/C22H24ClNO2/c1-13(2)19-11-20-17(10-22(25)26-21(20)9-14(19)3)12-24-15(4)16-5-7-18(23)8-6-16/h5-11,13,15,24H,12H2,1-4H3/t15-/m0/s1. The number of hydrogen-bond acceptors (Lipinski definition) is 3. The molecule has 4 heteroatoms. The van der Waals surface area contributed by atoms with E-state index in [4.69, 9.17) is 16.0 Å². The number of halogens is 1. The molecule has 1 heterocycles. The van der Waals surface area contributed by atoms with Crippen molar-refractivity contribution in [3.05, 3.63) is 80.2 Å². The summed E-state index contributed by atoms with van der Waals surface area (Å²) in [6.07, 6.45) is 0. The topological polar surface area (TPSA) is 42.2 Å². The van der Waals surface area contributed by atoms with Gasteiger partial charge in [-0.2, -0.15) is 0 Å². The third-order valence-corrected chi connectivity index (χ3v) is 5.06. The van der Waals surface area contributed by atoms with Crippen LogP contribution in [0.3, 0.4) is 0 Å². The van der Waals surface area contributed by atoms with Crippen LogP contribution < -0.4 is 10.9 Å². The quantitative estimate of drug-likeness (QED) is 0.584. The molecule has 3 aromatic rings. The fourth-order valence-corrected chi connectivity index (χ4v) is 3.42. The normalized spacial score (nSPS) is 12.7. The Balaban J connectivity index is 1.92. The van der Waals surface area contributed by atoms with Gasteiger partial charge in [-0.25, -0.2) is 4.79 Å². The minimum Gasteiger partial charge on any atom is -0.423 e. The minimum absolute atomic E-state index is 0.143. The van der Waals surface area contributed by atoms with E-state index >= 15 is 0 Å². The van der Waals surface area contributed by atoms with Crippen LogP contribution in [0.15, 0.2) is 51.7 Å². The monoisotopic (exact) mass is 369 g/mol. The zero-order valence-corrected chi connectivity index (χ0v) is 16.4. The highest BCUT2D eigenvalue weighted by Crippen LogP contribution is 2.27. The van der Waals surface area contributed by atoms with Gasteiger partial charge in [0.15, 0.2) is 0 Å². The largest absolute Gasteiger partial charge is 0.423 e. The van der Waals surface area contributed by atoms with E-state index in [2.05, 4.69) is 39.1 Å². The Hall–Kier alpha value is -2.10. The predicted molar refractivity (Wildman–Crippen MR) is 108 cm³/mol. The van der Waals surface area contributed by atoms with Gasteiger partial charge in [-0.05, 0) is 66.3 Å². The van der Waals surface area contributed by atoms with Gasteiger partial charge in [-0.3, -0.25) is 0 Å². The van der Waals surface area contributed by atoms with E-state index in [0.717, 1.165) is 27.1 Å². The SMILES string of the molecule is Cc1cc2oc(=O)cc(CN[C@@H](C)c3ccc(Cl)cc3)c2cc1C(C)C. The van der Waals surface area contributed by atoms with E-state index in [9.17, 15) is 4.79 Å². The van der Waals surface area contributed by atoms with Crippen LogP contribution in [0.25, 0.3) is 11.0 Å². The highest BCUT2D eigenvalue weighted by molar-refractivity contribution is 6.30. The molecule has 0 saturated carbocycles. The molecule has 1 atom stereocenters. The molecule has 0 spiro atoms. The molecule has 0 amide bonds. The predicted octanol–water partition coefficient (Wildman–Crippen LogP) is 5.73. The molecule has 0 saturated heterocycles. The summed E-state index contributed by atoms with van der Waals surface area (Å²) >= 11 is 5.96. The Morgan fingerprint density at radius 2 is 1.77 bits per heavy atom. The molecule has 0 bridgehead atoms. The lowest BCUT2D eigenvalue weighted by Gasteiger charge is -2.16. The Labute approximate surface area is 159 Å². The first kappa shape index (κ1) is 18.7. The van der Waals surface area contributed by atoms with E-state index in [1.54, 1.807) is 6.07 Å². The van der Waals surface area contributed by atoms with Crippen LogP contribution in [-0.2, 0) is 6.54 Å². The number of fused-ring (bicyclic) bond motifs is 1. The van der Waals surface area contributed by atoms with E-state index in [1.807, 2.05) is 30.3 Å². The van der Waals surface area contributed by atoms with Crippen molar-refractivity contribution in [2.24, 2.45) is 0 Å². The average Bonchev–Trinajstić information content (AvgIpc) is 2.59. The maximum absolute atomic E-state index is 12.0. The summed E-state index contributed by atoms with van der Waals surface area (Å²) in [6, 6.07) is 13.7. The number of aryl methyl sites for hydroxylation is 1. The van der Waals surface area contributed by atoms with Crippen LogP contribution in [0.2, 0.25) is 5.02 Å². The number of nitrogens with one attached hydrogen (secondary N) is 1. The maximum Gasteiger partial charge on any atom is 0.336 e. The molecule has 1 aromatic heterocycles. The molecule has 0 unspecified atom stereocenters. The van der Waals surface area contributed by atoms with Crippen LogP contribution in [-0.4, -0.2) is 0 Å². The minimum atomic E-state index is -0.315. The van der Waals surface area contributed by atoms with Gasteiger partial charge in [0.2, 0.25) is 0 Å². The van der Waals surface area contributed by atoms with E-state index < -0.39 is 0 Å². The fourth-order valence-electron chi connectivity index (χ4n) is 3.29. The van der Waals surface area contributed by atoms with Crippen molar-refractivity contribution in [2.45, 2.75) is 46.2 Å². The molecule has 3 rings (SSSR count). The second-order valence-corrected chi connectivity index (χ2v) is 7.54. The van der Waals surface area contributed by atoms with Crippen molar-refractivity contribution in [2.75, 3.05) is 0 Å². The first-order chi connectivity index (χ1) is 12.3. The molecule has 2 aromatic carbocycles. The van der Waals surface area contributed by atoms with Crippen molar-refractivity contribution < 1.29 is 4.42 Å². The van der Waals surface area contributed by atoms with Gasteiger partial charge in [0, 0.05) is 29.1 Å². The van der Waals surface area contributed by atoms with Gasteiger partial charge in [-0.15, -0.1) is 0 Å². The number of benzene rings is 2. The lowest BCUT2D eigenvalue weighted by molar-refractivity contribution is 0.547. The molecule has 136 valence electrons. The van der Waals surface area contributed by atoms with Gasteiger partial charge in [0.25, 0.3) is 0 Å². The van der Waals surface area contributed by atoms with Crippen LogP contribution in [0.5, 0.6) is 0 Å². The molecule has 0 aliphatic heterocycles. The second-order valence-electron chi connectivity index (χ2n) is 7.10. The summed E-state index contributed by atoms with van der Waals surface area (Å²) in [4.78, 5) is 12.0. The fraction of sp³-hybridized carbons (Fsp3) is 0.318. The summed E-state index contributed by atoms with van der Waals surface area (Å²) in [6.45, 7) is 9.09. The molecule has 26 heavy (non-hydrogen) atoms. The zero-order valence-electron chi connectivity index (χ0n) is 15.6. The van der Waals surface area contributed by atoms with E-state index in [0.29, 0.717) is 18.0 Å². The van der Waals surface area contributed by atoms with Gasteiger partial charge >= 0.3 is 5.63 Å². The summed E-state index contributed by atoms with van der Waals surface area (Å²) < 4.78 is 5.42. The van der Waals surface area contributed by atoms with Crippen LogP contribution >= 0.6 is 11.6 Å². The summed E-state index contributed by atoms with van der Waals surface area (Å²) in [7, 11) is 0. The summed E-state index contributed by atoms with van der Waals surface area (Å²) in [5, 5.41) is 5.21. The van der Waals surface area contributed by atoms with Gasteiger partial charge in [-0.1, -0.05) is 37.6 Å². The lowest BCUT2D eigenvalue weighted by Crippen LogP contribution is -2.19. The van der Waals surface area contributed by atoms with Crippen molar-refractivity contribution in [1.29, 1.82) is 0 Å². The molecule has 1 N–H and O–H groups in total. The van der Waals surface area contributed by atoms with Gasteiger partial charge < -0.3 is 9.73 Å². The second kappa shape index (κ2) is 7.65. The van der Waals surface area contributed by atoms with Crippen molar-refractivity contribution in [3.8, 4) is 0 Å². The number of hydrogen-bond donors (Lipinski definition) is 1. The molecular formula is C22H24ClNO2. The Bertz CT molecular complexity index is 974. The number of rotatable bonds is 5. The molecule has 0 aliphatic rings. The van der Waals surface area contributed by atoms with E-state index in [1.165, 1.54) is 5.56 Å². The van der Waals surface area contributed by atoms with Gasteiger partial charge in [0.05, 0.1) is 0 Å². The van der Waals surface area contributed by atoms with Crippen molar-refractivity contribution >= 4 is 22.6 Å². The van der Waals surface area contributed by atoms with Crippen molar-refractivity contribution in [3.63, 3.8) is 0 Å². The van der Waals surface area contributed by atoms with Gasteiger partial charge in [0.1, 0.15) is 5.58 Å². The third-order valence-electron chi connectivity index (χ3n) is 4.81.